The number of aryl methyl sites for hydroxylation is 4. The molecule has 0 fully saturated rings. The van der Waals surface area contributed by atoms with E-state index < -0.39 is 0 Å². The van der Waals surface area contributed by atoms with Gasteiger partial charge in [-0.05, 0) is 157 Å². The van der Waals surface area contributed by atoms with Gasteiger partial charge in [0.25, 0.3) is 0 Å². The maximum absolute atomic E-state index is 5.04. The number of aromatic nitrogens is 3. The van der Waals surface area contributed by atoms with E-state index in [1.165, 1.54) is 38.9 Å². The smallest absolute Gasteiger partial charge is 0.0709 e. The average molecular weight is 721 g/mol. The first-order valence-electron chi connectivity index (χ1n) is 19.6. The second kappa shape index (κ2) is 16.2. The second-order valence-electron chi connectivity index (χ2n) is 15.9. The number of pyridine rings is 3. The SMILES string of the molecule is Cc1cnc(-c2cc(CC(C)C)cc(N(c3cc(CC(C)C)cc(-c4cc(-c5ccccc5)c(C)cn4)c3)c3c(C)ccnc3C)c2)cc1-c1ccccc1. The Morgan fingerprint density at radius 1 is 0.473 bits per heavy atom. The average Bonchev–Trinajstić information content (AvgIpc) is 3.16. The molecule has 0 aliphatic rings. The highest BCUT2D eigenvalue weighted by atomic mass is 15.2. The van der Waals surface area contributed by atoms with Gasteiger partial charge in [0.2, 0.25) is 0 Å². The molecule has 0 N–H and O–H groups in total. The molecule has 3 aromatic heterocycles. The molecule has 0 amide bonds. The molecule has 4 nitrogen and oxygen atoms in total. The van der Waals surface area contributed by atoms with Crippen molar-refractivity contribution in [1.82, 2.24) is 15.0 Å². The quantitative estimate of drug-likeness (QED) is 0.133. The fourth-order valence-electron chi connectivity index (χ4n) is 7.73. The van der Waals surface area contributed by atoms with Crippen molar-refractivity contribution in [2.24, 2.45) is 11.8 Å². The molecule has 7 aromatic rings. The van der Waals surface area contributed by atoms with E-state index in [2.05, 4.69) is 176 Å². The Hall–Kier alpha value is -5.87. The van der Waals surface area contributed by atoms with Gasteiger partial charge >= 0.3 is 0 Å². The molecule has 0 saturated carbocycles. The van der Waals surface area contributed by atoms with Gasteiger partial charge in [-0.2, -0.15) is 0 Å². The predicted molar refractivity (Wildman–Crippen MR) is 232 cm³/mol. The summed E-state index contributed by atoms with van der Waals surface area (Å²) in [5.74, 6) is 0.966. The van der Waals surface area contributed by atoms with Crippen LogP contribution in [0.25, 0.3) is 44.8 Å². The summed E-state index contributed by atoms with van der Waals surface area (Å²) in [4.78, 5) is 17.4. The van der Waals surface area contributed by atoms with Crippen LogP contribution in [0.2, 0.25) is 0 Å². The summed E-state index contributed by atoms with van der Waals surface area (Å²) in [7, 11) is 0. The molecule has 276 valence electrons. The Labute approximate surface area is 328 Å². The molecule has 0 aliphatic carbocycles. The van der Waals surface area contributed by atoms with Crippen molar-refractivity contribution in [3.8, 4) is 44.8 Å². The van der Waals surface area contributed by atoms with Gasteiger partial charge in [0.15, 0.2) is 0 Å². The lowest BCUT2D eigenvalue weighted by Gasteiger charge is -2.30. The Kier molecular flexibility index (Phi) is 11.1. The normalized spacial score (nSPS) is 11.4. The van der Waals surface area contributed by atoms with Gasteiger partial charge in [-0.15, -0.1) is 0 Å². The van der Waals surface area contributed by atoms with Gasteiger partial charge in [-0.3, -0.25) is 15.0 Å². The first kappa shape index (κ1) is 37.4. The molecule has 0 unspecified atom stereocenters. The minimum Gasteiger partial charge on any atom is -0.308 e. The van der Waals surface area contributed by atoms with Crippen LogP contribution in [0, 0.1) is 39.5 Å². The molecule has 0 spiro atoms. The first-order valence-corrected chi connectivity index (χ1v) is 19.6. The van der Waals surface area contributed by atoms with E-state index in [1.54, 1.807) is 0 Å². The Morgan fingerprint density at radius 3 is 1.35 bits per heavy atom. The minimum atomic E-state index is 0.483. The Balaban J connectivity index is 1.46. The van der Waals surface area contributed by atoms with E-state index in [-0.39, 0.29) is 0 Å². The van der Waals surface area contributed by atoms with Crippen LogP contribution in [0.4, 0.5) is 17.1 Å². The van der Waals surface area contributed by atoms with Crippen LogP contribution in [0.5, 0.6) is 0 Å². The van der Waals surface area contributed by atoms with E-state index in [0.717, 1.165) is 69.2 Å². The van der Waals surface area contributed by atoms with Crippen molar-refractivity contribution in [3.05, 3.63) is 167 Å². The number of anilines is 3. The molecule has 0 aliphatic heterocycles. The lowest BCUT2D eigenvalue weighted by molar-refractivity contribution is 0.647. The molecule has 7 rings (SSSR count). The van der Waals surface area contributed by atoms with Crippen molar-refractivity contribution in [2.75, 3.05) is 4.90 Å². The highest BCUT2D eigenvalue weighted by Crippen LogP contribution is 2.43. The van der Waals surface area contributed by atoms with Crippen molar-refractivity contribution >= 4 is 17.1 Å². The van der Waals surface area contributed by atoms with E-state index in [4.69, 9.17) is 15.0 Å². The van der Waals surface area contributed by atoms with Gasteiger partial charge in [-0.1, -0.05) is 88.4 Å². The van der Waals surface area contributed by atoms with Gasteiger partial charge < -0.3 is 4.90 Å². The maximum Gasteiger partial charge on any atom is 0.0709 e. The maximum atomic E-state index is 5.04. The van der Waals surface area contributed by atoms with E-state index in [1.807, 2.05) is 18.6 Å². The topological polar surface area (TPSA) is 41.9 Å². The summed E-state index contributed by atoms with van der Waals surface area (Å²) in [5, 5.41) is 0. The van der Waals surface area contributed by atoms with E-state index in [9.17, 15) is 0 Å². The van der Waals surface area contributed by atoms with Gasteiger partial charge in [-0.25, -0.2) is 0 Å². The summed E-state index contributed by atoms with van der Waals surface area (Å²) in [6.45, 7) is 17.7. The van der Waals surface area contributed by atoms with Crippen LogP contribution in [-0.2, 0) is 12.8 Å². The van der Waals surface area contributed by atoms with Crippen molar-refractivity contribution in [2.45, 2.75) is 68.2 Å². The number of nitrogens with zero attached hydrogens (tertiary/aromatic N) is 4. The Morgan fingerprint density at radius 2 is 0.927 bits per heavy atom. The molecule has 0 bridgehead atoms. The van der Waals surface area contributed by atoms with Crippen LogP contribution < -0.4 is 4.90 Å². The fourth-order valence-corrected chi connectivity index (χ4v) is 7.73. The van der Waals surface area contributed by atoms with Crippen LogP contribution >= 0.6 is 0 Å². The third-order valence-corrected chi connectivity index (χ3v) is 10.3. The minimum absolute atomic E-state index is 0.483. The molecular weight excluding hydrogens is 669 g/mol. The molecule has 55 heavy (non-hydrogen) atoms. The highest BCUT2D eigenvalue weighted by Gasteiger charge is 2.22. The number of rotatable bonds is 11. The fraction of sp³-hybridized carbons (Fsp3) is 0.235. The number of hydrogen-bond donors (Lipinski definition) is 0. The van der Waals surface area contributed by atoms with Crippen LogP contribution in [0.1, 0.15) is 61.2 Å². The van der Waals surface area contributed by atoms with Crippen LogP contribution in [-0.4, -0.2) is 15.0 Å². The summed E-state index contributed by atoms with van der Waals surface area (Å²) in [6.07, 6.45) is 7.84. The molecule has 0 atom stereocenters. The van der Waals surface area contributed by atoms with E-state index >= 15 is 0 Å². The number of benzene rings is 4. The van der Waals surface area contributed by atoms with Crippen LogP contribution in [0.15, 0.2) is 134 Å². The summed E-state index contributed by atoms with van der Waals surface area (Å²) in [5.41, 5.74) is 19.2. The Bertz CT molecular complexity index is 2260. The standard InChI is InChI=1S/C51H52N4/c1-33(2)21-39-23-43(49-29-47(36(6)31-53-49)41-15-11-9-12-16-41)27-45(25-39)55(51-35(5)19-20-52-38(51)8)46-26-40(22-34(3)4)24-44(28-46)50-30-48(37(7)32-54-50)42-17-13-10-14-18-42/h9-20,23-34H,21-22H2,1-8H3. The van der Waals surface area contributed by atoms with Crippen molar-refractivity contribution in [1.29, 1.82) is 0 Å². The van der Waals surface area contributed by atoms with Gasteiger partial charge in [0.1, 0.15) is 0 Å². The third-order valence-electron chi connectivity index (χ3n) is 10.3. The zero-order chi connectivity index (χ0) is 38.6. The highest BCUT2D eigenvalue weighted by molar-refractivity contribution is 5.85. The summed E-state index contributed by atoms with van der Waals surface area (Å²) in [6, 6.07) is 41.9. The molecule has 4 heteroatoms. The molecule has 0 radical (unpaired) electrons. The summed E-state index contributed by atoms with van der Waals surface area (Å²) >= 11 is 0. The second-order valence-corrected chi connectivity index (χ2v) is 15.9. The molecular formula is C51H52N4. The number of hydrogen-bond acceptors (Lipinski definition) is 4. The molecule has 3 heterocycles. The summed E-state index contributed by atoms with van der Waals surface area (Å²) < 4.78 is 0. The van der Waals surface area contributed by atoms with Crippen molar-refractivity contribution in [3.63, 3.8) is 0 Å². The lowest BCUT2D eigenvalue weighted by Crippen LogP contribution is -2.15. The van der Waals surface area contributed by atoms with Crippen LogP contribution in [0.3, 0.4) is 0 Å². The van der Waals surface area contributed by atoms with E-state index in [0.29, 0.717) is 11.8 Å². The lowest BCUT2D eigenvalue weighted by atomic mass is 9.94. The molecule has 0 saturated heterocycles. The van der Waals surface area contributed by atoms with Gasteiger partial charge in [0.05, 0.1) is 22.8 Å². The predicted octanol–water partition coefficient (Wildman–Crippen LogP) is 13.6. The third kappa shape index (κ3) is 8.44. The monoisotopic (exact) mass is 720 g/mol. The van der Waals surface area contributed by atoms with Crippen molar-refractivity contribution < 1.29 is 0 Å². The largest absolute Gasteiger partial charge is 0.308 e. The zero-order valence-corrected chi connectivity index (χ0v) is 33.6. The molecule has 4 aromatic carbocycles. The van der Waals surface area contributed by atoms with Gasteiger partial charge in [0, 0.05) is 41.1 Å². The zero-order valence-electron chi connectivity index (χ0n) is 33.6. The first-order chi connectivity index (χ1) is 26.5.